The highest BCUT2D eigenvalue weighted by molar-refractivity contribution is 6.30. The van der Waals surface area contributed by atoms with Crippen LogP contribution in [0, 0.1) is 10.2 Å². The van der Waals surface area contributed by atoms with Crippen molar-refractivity contribution in [1.82, 2.24) is 0 Å². The molecule has 0 unspecified atom stereocenters. The lowest BCUT2D eigenvalue weighted by Gasteiger charge is -2.21. The second-order valence-corrected chi connectivity index (χ2v) is 12.1. The molecule has 2 heterocycles. The zero-order chi connectivity index (χ0) is 34.2. The van der Waals surface area contributed by atoms with E-state index in [1.807, 2.05) is 84.9 Å². The summed E-state index contributed by atoms with van der Waals surface area (Å²) >= 11 is 6.39. The van der Waals surface area contributed by atoms with E-state index in [4.69, 9.17) is 39.4 Å². The maximum Gasteiger partial charge on any atom is 0.361 e. The molecule has 1 aliphatic heterocycles. The maximum absolute atomic E-state index is 8.49. The van der Waals surface area contributed by atoms with Gasteiger partial charge in [0.15, 0.2) is 0 Å². The van der Waals surface area contributed by atoms with Crippen LogP contribution in [0.4, 0.5) is 0 Å². The summed E-state index contributed by atoms with van der Waals surface area (Å²) in [6.45, 7) is 0. The quantitative estimate of drug-likeness (QED) is 0.180. The smallest absolute Gasteiger partial charge is 0.361 e. The first-order valence-corrected chi connectivity index (χ1v) is 16.8. The Kier molecular flexibility index (Phi) is 10.5. The SMILES string of the molecule is Clc1ccc(C(=C2C=C(c3ccccc3)OC(c3ccccc3)=C2)c2cc(-c3ccccc3)[o+]c(-c3ccccc3)c2)cc1.[O-][Cl+3]([O-])([O-])[O-]. The van der Waals surface area contributed by atoms with Gasteiger partial charge in [0.25, 0.3) is 0 Å². The normalized spacial score (nSPS) is 12.6. The van der Waals surface area contributed by atoms with Crippen molar-refractivity contribution in [2.24, 2.45) is 0 Å². The first-order valence-electron chi connectivity index (χ1n) is 15.1. The Morgan fingerprint density at radius 1 is 0.490 bits per heavy atom. The van der Waals surface area contributed by atoms with Crippen LogP contribution >= 0.6 is 11.6 Å². The fraction of sp³-hybridized carbons (Fsp3) is 0. The van der Waals surface area contributed by atoms with Gasteiger partial charge in [-0.2, -0.15) is 0 Å². The number of allylic oxidation sites excluding steroid dienone is 3. The maximum atomic E-state index is 8.49. The standard InChI is InChI=1S/C41H28ClO2.ClHO4/c42-36-23-21-33(22-24-36)41(34-25-37(29-13-5-1-6-14-29)43-38(26-34)30-15-7-2-8-16-30)35-27-39(31-17-9-3-10-18-31)44-40(28-35)32-19-11-4-12-20-32;2-1(3,4)5/h1-28H;(H,2,3,4,5)/q+1;/p-1. The molecule has 7 rings (SSSR count). The predicted octanol–water partition coefficient (Wildman–Crippen LogP) is 6.71. The molecule has 0 N–H and O–H groups in total. The molecule has 0 aliphatic carbocycles. The van der Waals surface area contributed by atoms with E-state index in [9.17, 15) is 0 Å². The molecule has 6 aromatic rings. The molecule has 0 atom stereocenters. The molecule has 8 heteroatoms. The van der Waals surface area contributed by atoms with Gasteiger partial charge in [0.1, 0.15) is 11.5 Å². The molecule has 0 radical (unpaired) electrons. The van der Waals surface area contributed by atoms with E-state index >= 15 is 0 Å². The van der Waals surface area contributed by atoms with Crippen LogP contribution in [0.2, 0.25) is 5.02 Å². The Labute approximate surface area is 291 Å². The van der Waals surface area contributed by atoms with Gasteiger partial charge in [-0.15, -0.1) is 10.2 Å². The average molecular weight is 688 g/mol. The monoisotopic (exact) mass is 686 g/mol. The van der Waals surface area contributed by atoms with Crippen molar-refractivity contribution < 1.29 is 38.0 Å². The minimum Gasteiger partial charge on any atom is -0.456 e. The zero-order valence-electron chi connectivity index (χ0n) is 25.9. The fourth-order valence-corrected chi connectivity index (χ4v) is 5.51. The Bertz CT molecular complexity index is 1990. The van der Waals surface area contributed by atoms with Crippen molar-refractivity contribution in [1.29, 1.82) is 0 Å². The van der Waals surface area contributed by atoms with Crippen LogP contribution in [0.25, 0.3) is 39.7 Å². The van der Waals surface area contributed by atoms with Crippen molar-refractivity contribution in [2.75, 3.05) is 0 Å². The molecule has 1 aromatic heterocycles. The zero-order valence-corrected chi connectivity index (χ0v) is 27.4. The van der Waals surface area contributed by atoms with Gasteiger partial charge < -0.3 is 4.74 Å². The van der Waals surface area contributed by atoms with Crippen LogP contribution in [-0.4, -0.2) is 0 Å². The summed E-state index contributed by atoms with van der Waals surface area (Å²) in [6, 6.07) is 53.1. The first kappa shape index (κ1) is 33.6. The first-order chi connectivity index (χ1) is 23.7. The lowest BCUT2D eigenvalue weighted by molar-refractivity contribution is -2.00. The van der Waals surface area contributed by atoms with E-state index in [0.29, 0.717) is 5.02 Å². The van der Waals surface area contributed by atoms with Gasteiger partial charge in [0, 0.05) is 21.7 Å². The molecule has 0 amide bonds. The Balaban J connectivity index is 0.000000778. The number of ether oxygens (including phenoxy) is 1. The van der Waals surface area contributed by atoms with Gasteiger partial charge in [-0.25, -0.2) is 23.1 Å². The number of benzene rings is 5. The molecule has 0 bridgehead atoms. The van der Waals surface area contributed by atoms with Crippen LogP contribution in [0.1, 0.15) is 22.3 Å². The van der Waals surface area contributed by atoms with Crippen LogP contribution in [0.5, 0.6) is 0 Å². The Hall–Kier alpha value is -5.31. The number of hydrogen-bond donors (Lipinski definition) is 0. The molecule has 49 heavy (non-hydrogen) atoms. The van der Waals surface area contributed by atoms with E-state index in [2.05, 4.69) is 84.9 Å². The van der Waals surface area contributed by atoms with E-state index in [-0.39, 0.29) is 0 Å². The van der Waals surface area contributed by atoms with E-state index in [1.54, 1.807) is 0 Å². The summed E-state index contributed by atoms with van der Waals surface area (Å²) in [5, 5.41) is 0.684. The van der Waals surface area contributed by atoms with Gasteiger partial charge in [0.05, 0.1) is 23.3 Å². The molecule has 1 aliphatic rings. The second-order valence-electron chi connectivity index (χ2n) is 10.9. The van der Waals surface area contributed by atoms with Crippen molar-refractivity contribution in [3.05, 3.63) is 203 Å². The van der Waals surface area contributed by atoms with E-state index < -0.39 is 10.2 Å². The lowest BCUT2D eigenvalue weighted by atomic mass is 9.89. The van der Waals surface area contributed by atoms with E-state index in [0.717, 1.165) is 67.6 Å². The molecular formula is C41H28Cl2O6. The molecular weight excluding hydrogens is 659 g/mol. The number of halogens is 2. The van der Waals surface area contributed by atoms with Gasteiger partial charge in [-0.05, 0) is 65.3 Å². The van der Waals surface area contributed by atoms with Crippen molar-refractivity contribution in [3.8, 4) is 22.6 Å². The van der Waals surface area contributed by atoms with Crippen LogP contribution in [-0.2, 0) is 4.74 Å². The summed E-state index contributed by atoms with van der Waals surface area (Å²) < 4.78 is 47.1. The molecule has 5 aromatic carbocycles. The lowest BCUT2D eigenvalue weighted by Crippen LogP contribution is -2.68. The van der Waals surface area contributed by atoms with Gasteiger partial charge >= 0.3 is 11.5 Å². The molecule has 242 valence electrons. The van der Waals surface area contributed by atoms with Crippen LogP contribution < -0.4 is 18.6 Å². The van der Waals surface area contributed by atoms with Crippen LogP contribution in [0.15, 0.2) is 180 Å². The molecule has 0 saturated heterocycles. The predicted molar refractivity (Wildman–Crippen MR) is 181 cm³/mol. The summed E-state index contributed by atoms with van der Waals surface area (Å²) in [4.78, 5) is 0. The van der Waals surface area contributed by atoms with Gasteiger partial charge in [-0.1, -0.05) is 121 Å². The molecule has 0 saturated carbocycles. The fourth-order valence-electron chi connectivity index (χ4n) is 5.39. The van der Waals surface area contributed by atoms with Crippen molar-refractivity contribution in [3.63, 3.8) is 0 Å². The number of hydrogen-bond acceptors (Lipinski definition) is 5. The third-order valence-electron chi connectivity index (χ3n) is 7.53. The summed E-state index contributed by atoms with van der Waals surface area (Å²) in [6.07, 6.45) is 4.25. The summed E-state index contributed by atoms with van der Waals surface area (Å²) in [7, 11) is -4.94. The van der Waals surface area contributed by atoms with E-state index in [1.165, 1.54) is 0 Å². The summed E-state index contributed by atoms with van der Waals surface area (Å²) in [5.74, 6) is 3.11. The molecule has 6 nitrogen and oxygen atoms in total. The molecule has 0 spiro atoms. The highest BCUT2D eigenvalue weighted by Gasteiger charge is 2.25. The minimum atomic E-state index is -4.94. The number of rotatable bonds is 6. The van der Waals surface area contributed by atoms with Gasteiger partial charge in [-0.3, -0.25) is 0 Å². The largest absolute Gasteiger partial charge is 0.456 e. The minimum absolute atomic E-state index is 0.684. The Morgan fingerprint density at radius 2 is 0.857 bits per heavy atom. The highest BCUT2D eigenvalue weighted by atomic mass is 35.7. The second kappa shape index (κ2) is 15.3. The van der Waals surface area contributed by atoms with Gasteiger partial charge in [0.2, 0.25) is 0 Å². The molecule has 0 fully saturated rings. The third kappa shape index (κ3) is 8.99. The van der Waals surface area contributed by atoms with Crippen molar-refractivity contribution in [2.45, 2.75) is 0 Å². The third-order valence-corrected chi connectivity index (χ3v) is 7.78. The summed E-state index contributed by atoms with van der Waals surface area (Å²) in [5.41, 5.74) is 8.10. The average Bonchev–Trinajstić information content (AvgIpc) is 3.13. The van der Waals surface area contributed by atoms with Crippen molar-refractivity contribution >= 4 is 28.7 Å². The topological polar surface area (TPSA) is 113 Å². The highest BCUT2D eigenvalue weighted by Crippen LogP contribution is 2.40. The Morgan fingerprint density at radius 3 is 1.24 bits per heavy atom. The van der Waals surface area contributed by atoms with Crippen LogP contribution in [0.3, 0.4) is 0 Å².